The van der Waals surface area contributed by atoms with Gasteiger partial charge >= 0.3 is 6.18 Å². The molecule has 2 atom stereocenters. The van der Waals surface area contributed by atoms with E-state index < -0.39 is 23.1 Å². The number of ether oxygens (including phenoxy) is 1. The normalized spacial score (nSPS) is 20.7. The van der Waals surface area contributed by atoms with E-state index >= 15 is 0 Å². The van der Waals surface area contributed by atoms with Crippen LogP contribution in [0.1, 0.15) is 36.3 Å². The first-order valence-electron chi connectivity index (χ1n) is 13.0. The Balaban J connectivity index is 1.45. The predicted octanol–water partition coefficient (Wildman–Crippen LogP) is 4.54. The van der Waals surface area contributed by atoms with Gasteiger partial charge < -0.3 is 15.0 Å². The van der Waals surface area contributed by atoms with Gasteiger partial charge in [-0.15, -0.1) is 0 Å². The van der Waals surface area contributed by atoms with E-state index in [1.54, 1.807) is 31.4 Å². The Morgan fingerprint density at radius 2 is 1.80 bits per heavy atom. The van der Waals surface area contributed by atoms with Gasteiger partial charge in [0.05, 0.1) is 6.20 Å². The number of amides is 2. The number of carbonyl (C=O) groups excluding carboxylic acids is 2. The van der Waals surface area contributed by atoms with Crippen LogP contribution in [0.2, 0.25) is 0 Å². The van der Waals surface area contributed by atoms with E-state index in [9.17, 15) is 27.2 Å². The fourth-order valence-corrected chi connectivity index (χ4v) is 6.22. The third kappa shape index (κ3) is 4.76. The van der Waals surface area contributed by atoms with E-state index in [4.69, 9.17) is 4.74 Å². The average Bonchev–Trinajstić information content (AvgIpc) is 3.36. The number of piperidine rings is 2. The lowest BCUT2D eigenvalue weighted by molar-refractivity contribution is -0.271. The molecule has 3 heterocycles. The first-order chi connectivity index (χ1) is 19.0. The van der Waals surface area contributed by atoms with Crippen LogP contribution in [0.25, 0.3) is 11.1 Å². The molecule has 2 saturated heterocycles. The standard InChI is InChI=1S/C29H30F4N4O3/c1-36-18-21(16-35-36)20-4-3-5-22(14-20)28(40-2,29(31,32)33)26(39)37-12-10-27(11-13-37)15-25(38)34-17-24(27)19-6-8-23(30)9-7-19/h3-9,14,16,18,24H,10-13,15,17H2,1-2H3,(H,34,38)/t24-,28?/m0/s1. The zero-order valence-corrected chi connectivity index (χ0v) is 22.2. The van der Waals surface area contributed by atoms with Crippen molar-refractivity contribution in [2.24, 2.45) is 12.5 Å². The largest absolute Gasteiger partial charge is 0.430 e. The summed E-state index contributed by atoms with van der Waals surface area (Å²) in [6.07, 6.45) is -1.03. The number of likely N-dealkylation sites (tertiary alicyclic amines) is 1. The van der Waals surface area contributed by atoms with Gasteiger partial charge in [-0.2, -0.15) is 18.3 Å². The van der Waals surface area contributed by atoms with Crippen molar-refractivity contribution >= 4 is 11.8 Å². The molecule has 2 aromatic carbocycles. The molecule has 0 radical (unpaired) electrons. The molecule has 212 valence electrons. The van der Waals surface area contributed by atoms with Crippen molar-refractivity contribution in [2.75, 3.05) is 26.7 Å². The fourth-order valence-electron chi connectivity index (χ4n) is 6.22. The monoisotopic (exact) mass is 558 g/mol. The number of hydrogen-bond acceptors (Lipinski definition) is 4. The van der Waals surface area contributed by atoms with Crippen LogP contribution in [0.3, 0.4) is 0 Å². The zero-order chi connectivity index (χ0) is 28.7. The van der Waals surface area contributed by atoms with Crippen molar-refractivity contribution in [1.29, 1.82) is 0 Å². The van der Waals surface area contributed by atoms with Crippen molar-refractivity contribution in [3.63, 3.8) is 0 Å². The van der Waals surface area contributed by atoms with Gasteiger partial charge in [0.2, 0.25) is 5.91 Å². The first-order valence-corrected chi connectivity index (χ1v) is 13.0. The molecule has 0 bridgehead atoms. The second-order valence-corrected chi connectivity index (χ2v) is 10.6. The summed E-state index contributed by atoms with van der Waals surface area (Å²) >= 11 is 0. The molecule has 2 fully saturated rings. The van der Waals surface area contributed by atoms with Crippen LogP contribution in [0, 0.1) is 11.2 Å². The zero-order valence-electron chi connectivity index (χ0n) is 22.2. The minimum atomic E-state index is -5.05. The van der Waals surface area contributed by atoms with Crippen LogP contribution in [-0.4, -0.2) is 59.4 Å². The van der Waals surface area contributed by atoms with Gasteiger partial charge in [0.15, 0.2) is 0 Å². The second-order valence-electron chi connectivity index (χ2n) is 10.6. The Morgan fingerprint density at radius 1 is 1.10 bits per heavy atom. The number of nitrogens with one attached hydrogen (secondary N) is 1. The number of rotatable bonds is 5. The summed E-state index contributed by atoms with van der Waals surface area (Å²) in [6, 6.07) is 11.7. The maximum atomic E-state index is 14.8. The van der Waals surface area contributed by atoms with Gasteiger partial charge in [-0.25, -0.2) is 4.39 Å². The smallest absolute Gasteiger partial charge is 0.356 e. The number of hydrogen-bond donors (Lipinski definition) is 1. The molecule has 0 saturated carbocycles. The summed E-state index contributed by atoms with van der Waals surface area (Å²) in [5.74, 6) is -1.88. The number of alkyl halides is 3. The number of methoxy groups -OCH3 is 1. The molecule has 2 aliphatic heterocycles. The van der Waals surface area contributed by atoms with Crippen LogP contribution in [0.5, 0.6) is 0 Å². The van der Waals surface area contributed by atoms with E-state index in [1.165, 1.54) is 46.1 Å². The third-order valence-electron chi connectivity index (χ3n) is 8.39. The Hall–Kier alpha value is -3.73. The van der Waals surface area contributed by atoms with Gasteiger partial charge in [-0.3, -0.25) is 14.3 Å². The quantitative estimate of drug-likeness (QED) is 0.467. The molecule has 3 aromatic rings. The summed E-state index contributed by atoms with van der Waals surface area (Å²) in [4.78, 5) is 27.4. The van der Waals surface area contributed by atoms with Gasteiger partial charge in [-0.05, 0) is 47.6 Å². The van der Waals surface area contributed by atoms with Crippen molar-refractivity contribution in [3.05, 3.63) is 77.9 Å². The lowest BCUT2D eigenvalue weighted by Crippen LogP contribution is -2.60. The molecule has 7 nitrogen and oxygen atoms in total. The molecule has 11 heteroatoms. The van der Waals surface area contributed by atoms with E-state index in [-0.39, 0.29) is 42.7 Å². The molecule has 40 heavy (non-hydrogen) atoms. The highest BCUT2D eigenvalue weighted by Crippen LogP contribution is 2.50. The number of aromatic nitrogens is 2. The van der Waals surface area contributed by atoms with Crippen LogP contribution in [-0.2, 0) is 27.0 Å². The molecular formula is C29H30F4N4O3. The molecule has 2 aliphatic rings. The number of benzene rings is 2. The molecule has 5 rings (SSSR count). The summed E-state index contributed by atoms with van der Waals surface area (Å²) in [5, 5.41) is 6.94. The average molecular weight is 559 g/mol. The molecular weight excluding hydrogens is 528 g/mol. The predicted molar refractivity (Wildman–Crippen MR) is 138 cm³/mol. The highest BCUT2D eigenvalue weighted by Gasteiger charge is 2.64. The highest BCUT2D eigenvalue weighted by molar-refractivity contribution is 5.88. The van der Waals surface area contributed by atoms with E-state index in [1.807, 2.05) is 0 Å². The molecule has 1 spiro atoms. The van der Waals surface area contributed by atoms with Crippen molar-refractivity contribution in [1.82, 2.24) is 20.0 Å². The summed E-state index contributed by atoms with van der Waals surface area (Å²) in [6.45, 7) is 0.380. The van der Waals surface area contributed by atoms with E-state index in [2.05, 4.69) is 10.4 Å². The summed E-state index contributed by atoms with van der Waals surface area (Å²) in [7, 11) is 2.59. The maximum absolute atomic E-state index is 14.8. The minimum Gasteiger partial charge on any atom is -0.356 e. The van der Waals surface area contributed by atoms with Crippen LogP contribution in [0.15, 0.2) is 60.9 Å². The molecule has 1 N–H and O–H groups in total. The van der Waals surface area contributed by atoms with Crippen molar-refractivity contribution < 1.29 is 31.9 Å². The maximum Gasteiger partial charge on any atom is 0.430 e. The van der Waals surface area contributed by atoms with Crippen LogP contribution in [0.4, 0.5) is 17.6 Å². The van der Waals surface area contributed by atoms with E-state index in [0.717, 1.165) is 12.7 Å². The van der Waals surface area contributed by atoms with E-state index in [0.29, 0.717) is 30.5 Å². The Morgan fingerprint density at radius 3 is 2.40 bits per heavy atom. The number of nitrogens with zero attached hydrogens (tertiary/aromatic N) is 3. The van der Waals surface area contributed by atoms with Gasteiger partial charge in [0.1, 0.15) is 5.82 Å². The molecule has 1 aromatic heterocycles. The van der Waals surface area contributed by atoms with Crippen LogP contribution >= 0.6 is 0 Å². The molecule has 2 amide bonds. The van der Waals surface area contributed by atoms with Crippen molar-refractivity contribution in [2.45, 2.75) is 37.0 Å². The fraction of sp³-hybridized carbons (Fsp3) is 0.414. The Labute approximate surface area is 229 Å². The third-order valence-corrected chi connectivity index (χ3v) is 8.39. The van der Waals surface area contributed by atoms with Gasteiger partial charge in [0.25, 0.3) is 11.5 Å². The van der Waals surface area contributed by atoms with Crippen LogP contribution < -0.4 is 5.32 Å². The SMILES string of the molecule is COC(C(=O)N1CCC2(CC1)CC(=O)NC[C@H]2c1ccc(F)cc1)(c1cccc(-c2cnn(C)c2)c1)C(F)(F)F. The first kappa shape index (κ1) is 27.8. The summed E-state index contributed by atoms with van der Waals surface area (Å²) in [5.41, 5.74) is -2.19. The van der Waals surface area contributed by atoms with Gasteiger partial charge in [0, 0.05) is 63.5 Å². The lowest BCUT2D eigenvalue weighted by atomic mass is 9.62. The Bertz CT molecular complexity index is 1400. The lowest BCUT2D eigenvalue weighted by Gasteiger charge is -2.50. The summed E-state index contributed by atoms with van der Waals surface area (Å²) < 4.78 is 64.8. The number of carbonyl (C=O) groups is 2. The number of aryl methyl sites for hydroxylation is 1. The molecule has 1 unspecified atom stereocenters. The Kier molecular flexibility index (Phi) is 7.20. The molecule has 0 aliphatic carbocycles. The topological polar surface area (TPSA) is 76.5 Å². The second kappa shape index (κ2) is 10.3. The van der Waals surface area contributed by atoms with Crippen molar-refractivity contribution in [3.8, 4) is 11.1 Å². The minimum absolute atomic E-state index is 0.0211. The highest BCUT2D eigenvalue weighted by atomic mass is 19.4. The van der Waals surface area contributed by atoms with Gasteiger partial charge in [-0.1, -0.05) is 30.3 Å². The number of halogens is 4.